The lowest BCUT2D eigenvalue weighted by Gasteiger charge is -2.10. The number of unbranched alkanes of at least 4 members (excludes halogenated alkanes) is 8. The third kappa shape index (κ3) is 21.3. The van der Waals surface area contributed by atoms with Crippen molar-refractivity contribution >= 4 is 12.4 Å². The van der Waals surface area contributed by atoms with Gasteiger partial charge in [0.1, 0.15) is 0 Å². The van der Waals surface area contributed by atoms with Crippen LogP contribution in [0.15, 0.2) is 43.0 Å². The Morgan fingerprint density at radius 2 is 1.44 bits per heavy atom. The average molecular weight is 398 g/mol. The summed E-state index contributed by atoms with van der Waals surface area (Å²) in [5, 5.41) is 10.0. The van der Waals surface area contributed by atoms with Gasteiger partial charge in [0, 0.05) is 6.54 Å². The first-order chi connectivity index (χ1) is 12.6. The van der Waals surface area contributed by atoms with Gasteiger partial charge >= 0.3 is 0 Å². The number of likely N-dealkylation sites (N-methyl/N-ethyl adjacent to an activating group) is 1. The molecule has 1 unspecified atom stereocenters. The van der Waals surface area contributed by atoms with Crippen molar-refractivity contribution in [2.24, 2.45) is 0 Å². The highest BCUT2D eigenvalue weighted by atomic mass is 35.5. The van der Waals surface area contributed by atoms with Gasteiger partial charge in [0.05, 0.1) is 6.10 Å². The van der Waals surface area contributed by atoms with Crippen LogP contribution in [0.2, 0.25) is 0 Å². The number of hydrogen-bond acceptors (Lipinski definition) is 2. The van der Waals surface area contributed by atoms with Crippen LogP contribution in [0, 0.1) is 0 Å². The normalized spacial score (nSPS) is 11.3. The van der Waals surface area contributed by atoms with Gasteiger partial charge < -0.3 is 10.0 Å². The molecule has 2 nitrogen and oxygen atoms in total. The molecule has 0 aliphatic rings. The molecule has 0 bridgehead atoms. The van der Waals surface area contributed by atoms with E-state index in [1.54, 1.807) is 0 Å². The summed E-state index contributed by atoms with van der Waals surface area (Å²) >= 11 is 0. The van der Waals surface area contributed by atoms with Crippen molar-refractivity contribution in [1.29, 1.82) is 0 Å². The molecule has 3 heteroatoms. The zero-order chi connectivity index (χ0) is 19.5. The molecule has 1 rings (SSSR count). The van der Waals surface area contributed by atoms with Gasteiger partial charge in [-0.1, -0.05) is 101 Å². The van der Waals surface area contributed by atoms with E-state index in [2.05, 4.69) is 30.5 Å². The van der Waals surface area contributed by atoms with Crippen LogP contribution in [0.4, 0.5) is 0 Å². The minimum atomic E-state index is -0.165. The molecule has 0 aliphatic heterocycles. The number of aliphatic hydroxyl groups excluding tert-OH is 1. The molecule has 1 aromatic rings. The molecule has 158 valence electrons. The maximum atomic E-state index is 10.0. The van der Waals surface area contributed by atoms with E-state index < -0.39 is 0 Å². The predicted octanol–water partition coefficient (Wildman–Crippen LogP) is 6.67. The zero-order valence-electron chi connectivity index (χ0n) is 18.0. The van der Waals surface area contributed by atoms with E-state index in [1.807, 2.05) is 38.4 Å². The van der Waals surface area contributed by atoms with Crippen molar-refractivity contribution < 1.29 is 5.11 Å². The summed E-state index contributed by atoms with van der Waals surface area (Å²) in [6.45, 7) is 6.80. The van der Waals surface area contributed by atoms with Crippen LogP contribution in [-0.4, -0.2) is 36.8 Å². The molecule has 0 fully saturated rings. The summed E-state index contributed by atoms with van der Waals surface area (Å²) in [7, 11) is 4.03. The van der Waals surface area contributed by atoms with Gasteiger partial charge in [-0.15, -0.1) is 19.0 Å². The van der Waals surface area contributed by atoms with Crippen molar-refractivity contribution in [3.63, 3.8) is 0 Å². The van der Waals surface area contributed by atoms with Crippen molar-refractivity contribution in [2.45, 2.75) is 83.7 Å². The minimum absolute atomic E-state index is 0. The fourth-order valence-corrected chi connectivity index (χ4v) is 2.94. The number of benzene rings is 1. The molecule has 0 aliphatic carbocycles. The molecular formula is C24H44ClNO. The highest BCUT2D eigenvalue weighted by Crippen LogP contribution is 2.13. The second kappa shape index (κ2) is 21.5. The van der Waals surface area contributed by atoms with Crippen molar-refractivity contribution in [3.05, 3.63) is 48.6 Å². The highest BCUT2D eigenvalue weighted by Gasteiger charge is 2.04. The van der Waals surface area contributed by atoms with E-state index in [0.717, 1.165) is 19.4 Å². The Hall–Kier alpha value is -0.830. The standard InChI is InChI=1S/C19H32O.C5H11N.ClH/c1-2-3-4-5-6-7-8-9-13-16-19(20)17-18-14-11-10-12-15-18;1-4-5-6(2)3;/h10-12,14-15,19-20H,2-9,13,16-17H2,1H3;4H,1,5H2,2-3H3;1H. The molecule has 1 aromatic carbocycles. The van der Waals surface area contributed by atoms with Crippen LogP contribution >= 0.6 is 12.4 Å². The van der Waals surface area contributed by atoms with Crippen molar-refractivity contribution in [1.82, 2.24) is 4.90 Å². The van der Waals surface area contributed by atoms with Gasteiger partial charge in [0.15, 0.2) is 0 Å². The quantitative estimate of drug-likeness (QED) is 0.280. The smallest absolute Gasteiger partial charge is 0.0580 e. The van der Waals surface area contributed by atoms with Crippen molar-refractivity contribution in [3.8, 4) is 0 Å². The van der Waals surface area contributed by atoms with E-state index in [9.17, 15) is 5.11 Å². The SMILES string of the molecule is C=CCN(C)C.CCCCCCCCCCCC(O)Cc1ccccc1.Cl. The van der Waals surface area contributed by atoms with Crippen LogP contribution in [0.5, 0.6) is 0 Å². The largest absolute Gasteiger partial charge is 0.393 e. The van der Waals surface area contributed by atoms with Crippen LogP contribution in [-0.2, 0) is 6.42 Å². The van der Waals surface area contributed by atoms with E-state index in [1.165, 1.54) is 63.4 Å². The first-order valence-corrected chi connectivity index (χ1v) is 10.6. The fourth-order valence-electron chi connectivity index (χ4n) is 2.94. The minimum Gasteiger partial charge on any atom is -0.393 e. The Morgan fingerprint density at radius 3 is 1.89 bits per heavy atom. The molecule has 1 atom stereocenters. The molecule has 27 heavy (non-hydrogen) atoms. The van der Waals surface area contributed by atoms with Crippen LogP contribution < -0.4 is 0 Å². The third-order valence-electron chi connectivity index (χ3n) is 4.45. The molecule has 0 heterocycles. The molecule has 0 saturated heterocycles. The van der Waals surface area contributed by atoms with Crippen LogP contribution in [0.1, 0.15) is 76.7 Å². The summed E-state index contributed by atoms with van der Waals surface area (Å²) in [5.41, 5.74) is 1.25. The number of rotatable bonds is 14. The van der Waals surface area contributed by atoms with Gasteiger partial charge in [-0.3, -0.25) is 0 Å². The van der Waals surface area contributed by atoms with E-state index in [0.29, 0.717) is 0 Å². The first kappa shape index (κ1) is 28.4. The summed E-state index contributed by atoms with van der Waals surface area (Å²) in [5.74, 6) is 0. The second-order valence-electron chi connectivity index (χ2n) is 7.51. The lowest BCUT2D eigenvalue weighted by Crippen LogP contribution is -2.10. The maximum absolute atomic E-state index is 10.0. The van der Waals surface area contributed by atoms with E-state index in [4.69, 9.17) is 0 Å². The highest BCUT2D eigenvalue weighted by molar-refractivity contribution is 5.85. The van der Waals surface area contributed by atoms with E-state index in [-0.39, 0.29) is 18.5 Å². The monoisotopic (exact) mass is 397 g/mol. The summed E-state index contributed by atoms with van der Waals surface area (Å²) < 4.78 is 0. The summed E-state index contributed by atoms with van der Waals surface area (Å²) in [6.07, 6.45) is 15.6. The Balaban J connectivity index is 0. The summed E-state index contributed by atoms with van der Waals surface area (Å²) in [6, 6.07) is 10.3. The van der Waals surface area contributed by atoms with Gasteiger partial charge in [0.25, 0.3) is 0 Å². The Kier molecular flexibility index (Phi) is 22.6. The number of nitrogens with zero attached hydrogens (tertiary/aromatic N) is 1. The average Bonchev–Trinajstić information content (AvgIpc) is 2.61. The Labute approximate surface area is 175 Å². The molecule has 0 spiro atoms. The maximum Gasteiger partial charge on any atom is 0.0580 e. The van der Waals surface area contributed by atoms with Crippen LogP contribution in [0.3, 0.4) is 0 Å². The topological polar surface area (TPSA) is 23.5 Å². The predicted molar refractivity (Wildman–Crippen MR) is 124 cm³/mol. The van der Waals surface area contributed by atoms with Gasteiger partial charge in [-0.05, 0) is 32.5 Å². The van der Waals surface area contributed by atoms with Gasteiger partial charge in [-0.25, -0.2) is 0 Å². The lowest BCUT2D eigenvalue weighted by atomic mass is 10.0. The third-order valence-corrected chi connectivity index (χ3v) is 4.45. The zero-order valence-corrected chi connectivity index (χ0v) is 18.9. The van der Waals surface area contributed by atoms with Gasteiger partial charge in [0.2, 0.25) is 0 Å². The Bertz CT molecular complexity index is 408. The first-order valence-electron chi connectivity index (χ1n) is 10.6. The van der Waals surface area contributed by atoms with Gasteiger partial charge in [-0.2, -0.15) is 0 Å². The molecular weight excluding hydrogens is 354 g/mol. The molecule has 0 aromatic heterocycles. The fraction of sp³-hybridized carbons (Fsp3) is 0.667. The van der Waals surface area contributed by atoms with Crippen LogP contribution in [0.25, 0.3) is 0 Å². The lowest BCUT2D eigenvalue weighted by molar-refractivity contribution is 0.161. The molecule has 0 saturated carbocycles. The second-order valence-corrected chi connectivity index (χ2v) is 7.51. The van der Waals surface area contributed by atoms with Crippen molar-refractivity contribution in [2.75, 3.05) is 20.6 Å². The van der Waals surface area contributed by atoms with E-state index >= 15 is 0 Å². The number of hydrogen-bond donors (Lipinski definition) is 1. The summed E-state index contributed by atoms with van der Waals surface area (Å²) in [4.78, 5) is 2.06. The molecule has 0 amide bonds. The Morgan fingerprint density at radius 1 is 0.926 bits per heavy atom. The molecule has 0 radical (unpaired) electrons. The number of aliphatic hydroxyl groups is 1. The molecule has 1 N–H and O–H groups in total. The number of halogens is 1.